The van der Waals surface area contributed by atoms with E-state index < -0.39 is 0 Å². The Labute approximate surface area is 89.5 Å². The van der Waals surface area contributed by atoms with E-state index in [9.17, 15) is 0 Å². The Morgan fingerprint density at radius 2 is 2.07 bits per heavy atom. The average Bonchev–Trinajstić information content (AvgIpc) is 2.57. The minimum absolute atomic E-state index is 0.130. The van der Waals surface area contributed by atoms with Crippen LogP contribution >= 0.6 is 0 Å². The standard InChI is InChI=1S/C13H14O2/c1-8-12-7-10-5-3-4-6-11(10)13(12)15-9(2)14-8/h3-6,9,13H,7H2,1-2H3. The summed E-state index contributed by atoms with van der Waals surface area (Å²) in [7, 11) is 0. The monoisotopic (exact) mass is 202 g/mol. The molecular formula is C13H14O2. The molecule has 1 aliphatic heterocycles. The first-order valence-corrected chi connectivity index (χ1v) is 5.35. The van der Waals surface area contributed by atoms with Gasteiger partial charge in [0.25, 0.3) is 0 Å². The zero-order valence-corrected chi connectivity index (χ0v) is 8.99. The first-order chi connectivity index (χ1) is 7.25. The molecule has 78 valence electrons. The smallest absolute Gasteiger partial charge is 0.197 e. The molecule has 2 heteroatoms. The van der Waals surface area contributed by atoms with Gasteiger partial charge in [-0.2, -0.15) is 0 Å². The van der Waals surface area contributed by atoms with Crippen molar-refractivity contribution in [2.45, 2.75) is 32.7 Å². The van der Waals surface area contributed by atoms with Crippen LogP contribution < -0.4 is 0 Å². The number of ether oxygens (including phenoxy) is 2. The van der Waals surface area contributed by atoms with Crippen LogP contribution in [0.2, 0.25) is 0 Å². The van der Waals surface area contributed by atoms with E-state index in [-0.39, 0.29) is 12.4 Å². The van der Waals surface area contributed by atoms with Gasteiger partial charge in [-0.05, 0) is 25.0 Å². The molecule has 0 spiro atoms. The average molecular weight is 202 g/mol. The molecular weight excluding hydrogens is 188 g/mol. The van der Waals surface area contributed by atoms with Gasteiger partial charge in [-0.3, -0.25) is 0 Å². The summed E-state index contributed by atoms with van der Waals surface area (Å²) in [5.41, 5.74) is 3.96. The molecule has 0 saturated carbocycles. The van der Waals surface area contributed by atoms with E-state index in [1.165, 1.54) is 16.7 Å². The zero-order chi connectivity index (χ0) is 10.4. The first-order valence-electron chi connectivity index (χ1n) is 5.35. The SMILES string of the molecule is CC1=C2Cc3ccccc3C2OC(C)O1. The van der Waals surface area contributed by atoms with Crippen LogP contribution in [0.3, 0.4) is 0 Å². The highest BCUT2D eigenvalue weighted by Crippen LogP contribution is 2.43. The van der Waals surface area contributed by atoms with Crippen molar-refractivity contribution >= 4 is 0 Å². The highest BCUT2D eigenvalue weighted by atomic mass is 16.7. The zero-order valence-electron chi connectivity index (χ0n) is 8.99. The minimum atomic E-state index is -0.134. The van der Waals surface area contributed by atoms with E-state index >= 15 is 0 Å². The number of hydrogen-bond donors (Lipinski definition) is 0. The van der Waals surface area contributed by atoms with Gasteiger partial charge in [-0.15, -0.1) is 0 Å². The Morgan fingerprint density at radius 1 is 1.27 bits per heavy atom. The third-order valence-corrected chi connectivity index (χ3v) is 3.16. The van der Waals surface area contributed by atoms with E-state index in [0.29, 0.717) is 0 Å². The van der Waals surface area contributed by atoms with Crippen LogP contribution in [0.4, 0.5) is 0 Å². The minimum Gasteiger partial charge on any atom is -0.470 e. The lowest BCUT2D eigenvalue weighted by molar-refractivity contribution is -0.148. The fraction of sp³-hybridized carbons (Fsp3) is 0.385. The fourth-order valence-electron chi connectivity index (χ4n) is 2.45. The fourth-order valence-corrected chi connectivity index (χ4v) is 2.45. The van der Waals surface area contributed by atoms with Crippen molar-refractivity contribution in [3.63, 3.8) is 0 Å². The number of benzene rings is 1. The summed E-state index contributed by atoms with van der Waals surface area (Å²) in [4.78, 5) is 0. The third kappa shape index (κ3) is 1.29. The molecule has 3 rings (SSSR count). The summed E-state index contributed by atoms with van der Waals surface area (Å²) in [5, 5.41) is 0. The molecule has 0 saturated heterocycles. The Bertz CT molecular complexity index is 434. The van der Waals surface area contributed by atoms with E-state index in [4.69, 9.17) is 9.47 Å². The second-order valence-electron chi connectivity index (χ2n) is 4.16. The summed E-state index contributed by atoms with van der Waals surface area (Å²) >= 11 is 0. The summed E-state index contributed by atoms with van der Waals surface area (Å²) in [6.07, 6.45) is 0.967. The highest BCUT2D eigenvalue weighted by molar-refractivity contribution is 5.45. The van der Waals surface area contributed by atoms with Crippen molar-refractivity contribution in [1.82, 2.24) is 0 Å². The molecule has 1 heterocycles. The van der Waals surface area contributed by atoms with Crippen LogP contribution in [0.25, 0.3) is 0 Å². The van der Waals surface area contributed by atoms with Crippen molar-refractivity contribution in [1.29, 1.82) is 0 Å². The van der Waals surface area contributed by atoms with Crippen molar-refractivity contribution in [3.8, 4) is 0 Å². The molecule has 2 atom stereocenters. The van der Waals surface area contributed by atoms with Crippen LogP contribution in [0, 0.1) is 0 Å². The van der Waals surface area contributed by atoms with E-state index in [1.54, 1.807) is 0 Å². The molecule has 2 nitrogen and oxygen atoms in total. The number of hydrogen-bond acceptors (Lipinski definition) is 2. The van der Waals surface area contributed by atoms with Gasteiger partial charge in [0.2, 0.25) is 0 Å². The lowest BCUT2D eigenvalue weighted by Gasteiger charge is -2.28. The first kappa shape index (κ1) is 8.98. The molecule has 0 bridgehead atoms. The molecule has 2 aliphatic rings. The predicted octanol–water partition coefficient (Wildman–Crippen LogP) is 2.95. The van der Waals surface area contributed by atoms with Gasteiger partial charge >= 0.3 is 0 Å². The van der Waals surface area contributed by atoms with Crippen molar-refractivity contribution in [2.75, 3.05) is 0 Å². The van der Waals surface area contributed by atoms with Crippen LogP contribution in [0.1, 0.15) is 31.1 Å². The Hall–Kier alpha value is -1.28. The molecule has 2 unspecified atom stereocenters. The van der Waals surface area contributed by atoms with Gasteiger partial charge < -0.3 is 9.47 Å². The molecule has 0 aromatic heterocycles. The summed E-state index contributed by atoms with van der Waals surface area (Å²) in [6.45, 7) is 3.98. The van der Waals surface area contributed by atoms with Gasteiger partial charge in [0.05, 0.1) is 5.76 Å². The molecule has 15 heavy (non-hydrogen) atoms. The lowest BCUT2D eigenvalue weighted by Crippen LogP contribution is -2.22. The Kier molecular flexibility index (Phi) is 1.86. The van der Waals surface area contributed by atoms with Gasteiger partial charge in [0.15, 0.2) is 6.29 Å². The molecule has 0 radical (unpaired) electrons. The van der Waals surface area contributed by atoms with Gasteiger partial charge in [-0.1, -0.05) is 24.3 Å². The summed E-state index contributed by atoms with van der Waals surface area (Å²) < 4.78 is 11.4. The van der Waals surface area contributed by atoms with Gasteiger partial charge in [0, 0.05) is 12.0 Å². The maximum Gasteiger partial charge on any atom is 0.197 e. The quantitative estimate of drug-likeness (QED) is 0.644. The summed E-state index contributed by atoms with van der Waals surface area (Å²) in [5.74, 6) is 1.04. The van der Waals surface area contributed by atoms with E-state index in [1.807, 2.05) is 13.8 Å². The van der Waals surface area contributed by atoms with Crippen LogP contribution in [-0.2, 0) is 15.9 Å². The molecule has 0 amide bonds. The lowest BCUT2D eigenvalue weighted by atomic mass is 10.1. The summed E-state index contributed by atoms with van der Waals surface area (Å²) in [6, 6.07) is 8.47. The second-order valence-corrected chi connectivity index (χ2v) is 4.16. The topological polar surface area (TPSA) is 18.5 Å². The van der Waals surface area contributed by atoms with E-state index in [0.717, 1.165) is 12.2 Å². The molecule has 1 aromatic carbocycles. The third-order valence-electron chi connectivity index (χ3n) is 3.16. The van der Waals surface area contributed by atoms with Gasteiger partial charge in [-0.25, -0.2) is 0 Å². The predicted molar refractivity (Wildman–Crippen MR) is 57.2 cm³/mol. The maximum atomic E-state index is 5.83. The number of fused-ring (bicyclic) bond motifs is 3. The normalized spacial score (nSPS) is 28.4. The highest BCUT2D eigenvalue weighted by Gasteiger charge is 2.34. The van der Waals surface area contributed by atoms with Crippen LogP contribution in [0.15, 0.2) is 35.6 Å². The van der Waals surface area contributed by atoms with Crippen molar-refractivity contribution in [3.05, 3.63) is 46.7 Å². The molecule has 1 aliphatic carbocycles. The van der Waals surface area contributed by atoms with Crippen LogP contribution in [-0.4, -0.2) is 6.29 Å². The molecule has 0 N–H and O–H groups in total. The van der Waals surface area contributed by atoms with Gasteiger partial charge in [0.1, 0.15) is 6.10 Å². The van der Waals surface area contributed by atoms with E-state index in [2.05, 4.69) is 24.3 Å². The van der Waals surface area contributed by atoms with Crippen LogP contribution in [0.5, 0.6) is 0 Å². The number of rotatable bonds is 0. The van der Waals surface area contributed by atoms with Crippen molar-refractivity contribution in [2.24, 2.45) is 0 Å². The Morgan fingerprint density at radius 3 is 2.93 bits per heavy atom. The largest absolute Gasteiger partial charge is 0.470 e. The van der Waals surface area contributed by atoms with Crippen molar-refractivity contribution < 1.29 is 9.47 Å². The molecule has 0 fully saturated rings. The Balaban J connectivity index is 2.11. The maximum absolute atomic E-state index is 5.83. The molecule has 1 aromatic rings. The second kappa shape index (κ2) is 3.11. The number of allylic oxidation sites excluding steroid dienone is 1.